The van der Waals surface area contributed by atoms with Crippen LogP contribution in [0.3, 0.4) is 0 Å². The molecule has 0 bridgehead atoms. The Morgan fingerprint density at radius 3 is 2.27 bits per heavy atom. The summed E-state index contributed by atoms with van der Waals surface area (Å²) >= 11 is 12.0. The van der Waals surface area contributed by atoms with Gasteiger partial charge < -0.3 is 15.2 Å². The zero-order valence-electron chi connectivity index (χ0n) is 8.43. The van der Waals surface area contributed by atoms with Crippen LogP contribution in [-0.2, 0) is 11.3 Å². The van der Waals surface area contributed by atoms with Gasteiger partial charge in [-0.15, -0.1) is 0 Å². The number of ether oxygens (including phenoxy) is 2. The summed E-state index contributed by atoms with van der Waals surface area (Å²) in [5.41, 5.74) is 6.36. The van der Waals surface area contributed by atoms with Crippen molar-refractivity contribution in [3.8, 4) is 5.75 Å². The van der Waals surface area contributed by atoms with Crippen LogP contribution in [0.1, 0.15) is 5.56 Å². The minimum atomic E-state index is 0.401. The van der Waals surface area contributed by atoms with Gasteiger partial charge in [-0.3, -0.25) is 0 Å². The molecule has 3 nitrogen and oxygen atoms in total. The third-order valence-electron chi connectivity index (χ3n) is 1.83. The van der Waals surface area contributed by atoms with Gasteiger partial charge in [0.25, 0.3) is 0 Å². The summed E-state index contributed by atoms with van der Waals surface area (Å²) in [7, 11) is 1.60. The van der Waals surface area contributed by atoms with Gasteiger partial charge >= 0.3 is 0 Å². The predicted molar refractivity (Wildman–Crippen MR) is 61.7 cm³/mol. The number of hydrogen-bond acceptors (Lipinski definition) is 3. The van der Waals surface area contributed by atoms with Gasteiger partial charge in [0.1, 0.15) is 6.61 Å². The maximum atomic E-state index is 5.99. The number of nitrogens with two attached hydrogens (primary N) is 1. The van der Waals surface area contributed by atoms with Crippen molar-refractivity contribution < 1.29 is 9.47 Å². The Morgan fingerprint density at radius 1 is 1.20 bits per heavy atom. The van der Waals surface area contributed by atoms with E-state index in [1.54, 1.807) is 19.2 Å². The van der Waals surface area contributed by atoms with Crippen molar-refractivity contribution in [2.75, 3.05) is 20.3 Å². The van der Waals surface area contributed by atoms with Crippen LogP contribution < -0.4 is 10.5 Å². The van der Waals surface area contributed by atoms with Gasteiger partial charge in [0.15, 0.2) is 5.75 Å². The molecule has 0 heterocycles. The second kappa shape index (κ2) is 6.18. The summed E-state index contributed by atoms with van der Waals surface area (Å²) in [6.45, 7) is 1.31. The SMILES string of the molecule is COCCOc1c(Cl)cc(CN)cc1Cl. The highest BCUT2D eigenvalue weighted by molar-refractivity contribution is 6.37. The summed E-state index contributed by atoms with van der Waals surface area (Å²) in [5, 5.41) is 0.943. The minimum Gasteiger partial charge on any atom is -0.488 e. The normalized spacial score (nSPS) is 10.4. The highest BCUT2D eigenvalue weighted by Gasteiger charge is 2.08. The van der Waals surface area contributed by atoms with Crippen LogP contribution in [0.25, 0.3) is 0 Å². The van der Waals surface area contributed by atoms with E-state index in [4.69, 9.17) is 38.4 Å². The lowest BCUT2D eigenvalue weighted by atomic mass is 10.2. The molecular formula is C10H13Cl2NO2. The van der Waals surface area contributed by atoms with Crippen LogP contribution in [0.5, 0.6) is 5.75 Å². The molecule has 0 spiro atoms. The highest BCUT2D eigenvalue weighted by Crippen LogP contribution is 2.34. The molecule has 15 heavy (non-hydrogen) atoms. The van der Waals surface area contributed by atoms with E-state index in [1.165, 1.54) is 0 Å². The average molecular weight is 250 g/mol. The monoisotopic (exact) mass is 249 g/mol. The first-order valence-corrected chi connectivity index (χ1v) is 5.24. The summed E-state index contributed by atoms with van der Waals surface area (Å²) in [4.78, 5) is 0. The van der Waals surface area contributed by atoms with Gasteiger partial charge in [0.2, 0.25) is 0 Å². The van der Waals surface area contributed by atoms with E-state index in [-0.39, 0.29) is 0 Å². The van der Waals surface area contributed by atoms with Gasteiger partial charge in [0.05, 0.1) is 16.7 Å². The summed E-state index contributed by atoms with van der Waals surface area (Å²) < 4.78 is 10.2. The van der Waals surface area contributed by atoms with Crippen molar-refractivity contribution in [2.45, 2.75) is 6.54 Å². The lowest BCUT2D eigenvalue weighted by molar-refractivity contribution is 0.146. The molecule has 5 heteroatoms. The smallest absolute Gasteiger partial charge is 0.156 e. The quantitative estimate of drug-likeness (QED) is 0.816. The van der Waals surface area contributed by atoms with Gasteiger partial charge in [-0.1, -0.05) is 23.2 Å². The van der Waals surface area contributed by atoms with E-state index in [0.717, 1.165) is 5.56 Å². The molecule has 0 unspecified atom stereocenters. The van der Waals surface area contributed by atoms with Crippen molar-refractivity contribution in [3.05, 3.63) is 27.7 Å². The number of halogens is 2. The first-order valence-electron chi connectivity index (χ1n) is 4.48. The average Bonchev–Trinajstić information content (AvgIpc) is 2.22. The van der Waals surface area contributed by atoms with Crippen LogP contribution in [-0.4, -0.2) is 20.3 Å². The molecule has 2 N–H and O–H groups in total. The zero-order chi connectivity index (χ0) is 11.3. The second-order valence-electron chi connectivity index (χ2n) is 2.93. The van der Waals surface area contributed by atoms with Crippen LogP contribution in [0.15, 0.2) is 12.1 Å². The Kier molecular flexibility index (Phi) is 5.19. The van der Waals surface area contributed by atoms with Gasteiger partial charge in [-0.2, -0.15) is 0 Å². The Balaban J connectivity index is 2.79. The molecule has 0 amide bonds. The fraction of sp³-hybridized carbons (Fsp3) is 0.400. The third-order valence-corrected chi connectivity index (χ3v) is 2.39. The summed E-state index contributed by atoms with van der Waals surface area (Å²) in [6, 6.07) is 3.49. The molecule has 0 aliphatic carbocycles. The molecule has 0 saturated heterocycles. The molecule has 0 saturated carbocycles. The molecule has 0 aliphatic heterocycles. The lowest BCUT2D eigenvalue weighted by Gasteiger charge is -2.10. The van der Waals surface area contributed by atoms with E-state index in [2.05, 4.69) is 0 Å². The predicted octanol–water partition coefficient (Wildman–Crippen LogP) is 2.48. The van der Waals surface area contributed by atoms with Crippen molar-refractivity contribution in [2.24, 2.45) is 5.73 Å². The largest absolute Gasteiger partial charge is 0.488 e. The first-order chi connectivity index (χ1) is 7.19. The van der Waals surface area contributed by atoms with Gasteiger partial charge in [-0.05, 0) is 17.7 Å². The number of methoxy groups -OCH3 is 1. The summed E-state index contributed by atoms with van der Waals surface area (Å²) in [6.07, 6.45) is 0. The van der Waals surface area contributed by atoms with E-state index >= 15 is 0 Å². The maximum Gasteiger partial charge on any atom is 0.156 e. The van der Waals surface area contributed by atoms with Gasteiger partial charge in [0, 0.05) is 13.7 Å². The van der Waals surface area contributed by atoms with E-state index < -0.39 is 0 Å². The molecule has 0 aliphatic rings. The van der Waals surface area contributed by atoms with Gasteiger partial charge in [-0.25, -0.2) is 0 Å². The Hall–Kier alpha value is -0.480. The molecule has 0 radical (unpaired) electrons. The standard InChI is InChI=1S/C10H13Cl2NO2/c1-14-2-3-15-10-8(11)4-7(6-13)5-9(10)12/h4-5H,2-3,6,13H2,1H3. The fourth-order valence-electron chi connectivity index (χ4n) is 1.10. The molecular weight excluding hydrogens is 237 g/mol. The minimum absolute atomic E-state index is 0.401. The van der Waals surface area contributed by atoms with Crippen molar-refractivity contribution in [1.82, 2.24) is 0 Å². The number of hydrogen-bond donors (Lipinski definition) is 1. The Bertz CT molecular complexity index is 308. The van der Waals surface area contributed by atoms with Crippen molar-refractivity contribution >= 4 is 23.2 Å². The molecule has 1 rings (SSSR count). The molecule has 0 aromatic heterocycles. The fourth-order valence-corrected chi connectivity index (χ4v) is 1.74. The topological polar surface area (TPSA) is 44.5 Å². The van der Waals surface area contributed by atoms with Crippen LogP contribution in [0.2, 0.25) is 10.0 Å². The molecule has 1 aromatic carbocycles. The maximum absolute atomic E-state index is 5.99. The molecule has 1 aromatic rings. The Labute approximate surface area is 99.1 Å². The zero-order valence-corrected chi connectivity index (χ0v) is 9.94. The first kappa shape index (κ1) is 12.6. The van der Waals surface area contributed by atoms with Crippen LogP contribution >= 0.6 is 23.2 Å². The Morgan fingerprint density at radius 2 is 1.80 bits per heavy atom. The lowest BCUT2D eigenvalue weighted by Crippen LogP contribution is -2.05. The second-order valence-corrected chi connectivity index (χ2v) is 3.75. The number of benzene rings is 1. The van der Waals surface area contributed by atoms with Crippen molar-refractivity contribution in [1.29, 1.82) is 0 Å². The van der Waals surface area contributed by atoms with Crippen LogP contribution in [0.4, 0.5) is 0 Å². The summed E-state index contributed by atoms with van der Waals surface area (Å²) in [5.74, 6) is 0.479. The van der Waals surface area contributed by atoms with E-state index in [9.17, 15) is 0 Å². The van der Waals surface area contributed by atoms with Crippen molar-refractivity contribution in [3.63, 3.8) is 0 Å². The van der Waals surface area contributed by atoms with Crippen LogP contribution in [0, 0.1) is 0 Å². The van der Waals surface area contributed by atoms with E-state index in [0.29, 0.717) is 35.6 Å². The highest BCUT2D eigenvalue weighted by atomic mass is 35.5. The molecule has 0 fully saturated rings. The molecule has 84 valence electrons. The number of rotatable bonds is 5. The third kappa shape index (κ3) is 3.54. The molecule has 0 atom stereocenters. The van der Waals surface area contributed by atoms with E-state index in [1.807, 2.05) is 0 Å².